The number of nitrogens with two attached hydrogens (primary N) is 1. The number of nitrogens with one attached hydrogen (secondary N) is 2. The van der Waals surface area contributed by atoms with Crippen LogP contribution in [0.1, 0.15) is 44.0 Å². The van der Waals surface area contributed by atoms with Crippen LogP contribution in [0.2, 0.25) is 0 Å². The third-order valence-corrected chi connectivity index (χ3v) is 11.4. The molecule has 1 fully saturated rings. The summed E-state index contributed by atoms with van der Waals surface area (Å²) in [5.41, 5.74) is 6.53. The monoisotopic (exact) mass is 599 g/mol. The number of benzene rings is 1. The number of carbonyl (C=O) groups is 1. The number of anilines is 2. The zero-order valence-electron chi connectivity index (χ0n) is 24.5. The molecule has 1 heterocycles. The molecule has 1 aliphatic rings. The summed E-state index contributed by atoms with van der Waals surface area (Å²) in [6.45, 7) is 6.24. The Labute approximate surface area is 240 Å². The molecule has 230 valence electrons. The van der Waals surface area contributed by atoms with Gasteiger partial charge in [0.1, 0.15) is 35.6 Å². The number of ether oxygens (including phenoxy) is 2. The van der Waals surface area contributed by atoms with Crippen molar-refractivity contribution in [3.05, 3.63) is 47.5 Å². The van der Waals surface area contributed by atoms with Crippen molar-refractivity contribution in [2.45, 2.75) is 50.9 Å². The summed E-state index contributed by atoms with van der Waals surface area (Å²) < 4.78 is 63.9. The van der Waals surface area contributed by atoms with Gasteiger partial charge in [-0.05, 0) is 50.7 Å². The smallest absolute Gasteiger partial charge is 0.251 e. The van der Waals surface area contributed by atoms with Gasteiger partial charge in [0.2, 0.25) is 0 Å². The van der Waals surface area contributed by atoms with Crippen LogP contribution in [0.4, 0.5) is 20.4 Å². The molecule has 5 N–H and O–H groups in total. The molecular weight excluding hydrogens is 556 g/mol. The SMILES string of the molecule is COCCC(N)C(COc1cc(F)cc(F)c1)NC(=O)c1cc(NCC2CC2C)nc(N(C)S(C)(=O)(O)C(C)C)c1. The van der Waals surface area contributed by atoms with Crippen molar-refractivity contribution in [2.24, 2.45) is 17.6 Å². The number of pyridine rings is 1. The summed E-state index contributed by atoms with van der Waals surface area (Å²) in [7, 11) is -1.33. The van der Waals surface area contributed by atoms with E-state index in [-0.39, 0.29) is 23.7 Å². The van der Waals surface area contributed by atoms with E-state index in [9.17, 15) is 22.3 Å². The van der Waals surface area contributed by atoms with Gasteiger partial charge in [0.25, 0.3) is 5.91 Å². The summed E-state index contributed by atoms with van der Waals surface area (Å²) in [5.74, 6) is -0.559. The van der Waals surface area contributed by atoms with E-state index in [4.69, 9.17) is 15.2 Å². The minimum Gasteiger partial charge on any atom is -0.491 e. The molecule has 0 aliphatic heterocycles. The minimum atomic E-state index is -4.33. The van der Waals surface area contributed by atoms with E-state index < -0.39 is 44.4 Å². The van der Waals surface area contributed by atoms with Crippen molar-refractivity contribution in [3.63, 3.8) is 0 Å². The highest BCUT2D eigenvalue weighted by Crippen LogP contribution is 2.38. The van der Waals surface area contributed by atoms with Gasteiger partial charge in [-0.25, -0.2) is 13.8 Å². The number of methoxy groups -OCH3 is 1. The lowest BCUT2D eigenvalue weighted by molar-refractivity contribution is 0.0902. The van der Waals surface area contributed by atoms with E-state index in [0.717, 1.165) is 24.6 Å². The van der Waals surface area contributed by atoms with Gasteiger partial charge in [-0.1, -0.05) is 6.92 Å². The van der Waals surface area contributed by atoms with Gasteiger partial charge in [-0.15, -0.1) is 9.53 Å². The Morgan fingerprint density at radius 1 is 1.24 bits per heavy atom. The van der Waals surface area contributed by atoms with E-state index in [1.54, 1.807) is 19.9 Å². The molecule has 2 aromatic rings. The van der Waals surface area contributed by atoms with Crippen molar-refractivity contribution < 1.29 is 31.8 Å². The third kappa shape index (κ3) is 8.57. The van der Waals surface area contributed by atoms with E-state index in [1.165, 1.54) is 30.8 Å². The number of hydrogen-bond donors (Lipinski definition) is 4. The highest BCUT2D eigenvalue weighted by molar-refractivity contribution is 8.16. The number of rotatable bonds is 15. The Kier molecular flexibility index (Phi) is 10.3. The zero-order valence-corrected chi connectivity index (χ0v) is 25.3. The van der Waals surface area contributed by atoms with Gasteiger partial charge in [0.05, 0.1) is 11.3 Å². The molecule has 1 aliphatic carbocycles. The molecule has 13 heteroatoms. The molecule has 0 spiro atoms. The molecule has 1 amide bonds. The maximum Gasteiger partial charge on any atom is 0.251 e. The predicted octanol–water partition coefficient (Wildman–Crippen LogP) is 3.65. The topological polar surface area (TPSA) is 139 Å². The maximum atomic E-state index is 13.7. The van der Waals surface area contributed by atoms with Crippen LogP contribution in [-0.4, -0.2) is 77.2 Å². The highest BCUT2D eigenvalue weighted by Gasteiger charge is 2.34. The Hall–Kier alpha value is -2.87. The summed E-state index contributed by atoms with van der Waals surface area (Å²) in [6.07, 6.45) is 2.73. The molecule has 0 radical (unpaired) electrons. The number of aromatic nitrogens is 1. The first-order valence-electron chi connectivity index (χ1n) is 13.6. The number of nitrogens with zero attached hydrogens (tertiary/aromatic N) is 2. The molecule has 10 nitrogen and oxygen atoms in total. The van der Waals surface area contributed by atoms with Crippen molar-refractivity contribution in [1.29, 1.82) is 0 Å². The molecule has 1 aromatic carbocycles. The lowest BCUT2D eigenvalue weighted by Gasteiger charge is -2.50. The third-order valence-electron chi connectivity index (χ3n) is 7.72. The van der Waals surface area contributed by atoms with Crippen LogP contribution in [0, 0.1) is 23.5 Å². The Morgan fingerprint density at radius 2 is 1.88 bits per heavy atom. The van der Waals surface area contributed by atoms with Crippen LogP contribution >= 0.6 is 0 Å². The van der Waals surface area contributed by atoms with Crippen LogP contribution in [0.5, 0.6) is 5.75 Å². The van der Waals surface area contributed by atoms with Gasteiger partial charge < -0.3 is 25.8 Å². The van der Waals surface area contributed by atoms with Gasteiger partial charge in [0.15, 0.2) is 0 Å². The van der Waals surface area contributed by atoms with Gasteiger partial charge in [-0.2, -0.15) is 4.21 Å². The van der Waals surface area contributed by atoms with Crippen LogP contribution in [0.15, 0.2) is 30.3 Å². The molecular formula is C28H43F2N5O5S. The van der Waals surface area contributed by atoms with Crippen molar-refractivity contribution in [2.75, 3.05) is 49.8 Å². The number of amides is 1. The molecule has 4 unspecified atom stereocenters. The minimum absolute atomic E-state index is 0.0465. The van der Waals surface area contributed by atoms with Crippen molar-refractivity contribution >= 4 is 27.1 Å². The summed E-state index contributed by atoms with van der Waals surface area (Å²) in [5, 5.41) is 5.49. The fourth-order valence-electron chi connectivity index (χ4n) is 4.14. The van der Waals surface area contributed by atoms with E-state index in [1.807, 2.05) is 0 Å². The maximum absolute atomic E-state index is 13.7. The van der Waals surface area contributed by atoms with Gasteiger partial charge in [-0.3, -0.25) is 13.7 Å². The lowest BCUT2D eigenvalue weighted by Crippen LogP contribution is -2.54. The lowest BCUT2D eigenvalue weighted by atomic mass is 10.1. The van der Waals surface area contributed by atoms with Crippen LogP contribution in [0.3, 0.4) is 0 Å². The molecule has 1 saturated carbocycles. The quantitative estimate of drug-likeness (QED) is 0.243. The van der Waals surface area contributed by atoms with Crippen LogP contribution < -0.4 is 25.4 Å². The standard InChI is InChI=1S/C28H43F2N5O5S/c1-17(2)41(6,37,38)35(4)27-11-19(10-26(34-27)32-15-20-9-18(20)3)28(36)33-25(24(31)7-8-39-5)16-40-23-13-21(29)12-22(30)14-23/h10-14,17-18,20,24-25H,7-9,15-16,31H2,1-6H3,(H,32,34)(H,33,36)(H,37,38). The zero-order chi connectivity index (χ0) is 30.6. The largest absolute Gasteiger partial charge is 0.491 e. The Morgan fingerprint density at radius 3 is 2.44 bits per heavy atom. The second-order valence-electron chi connectivity index (χ2n) is 11.2. The molecule has 4 atom stereocenters. The second-order valence-corrected chi connectivity index (χ2v) is 15.3. The first kappa shape index (κ1) is 32.6. The molecule has 41 heavy (non-hydrogen) atoms. The average Bonchev–Trinajstić information content (AvgIpc) is 3.61. The van der Waals surface area contributed by atoms with Crippen LogP contribution in [-0.2, 0) is 14.3 Å². The van der Waals surface area contributed by atoms with Gasteiger partial charge in [0, 0.05) is 63.4 Å². The average molecular weight is 600 g/mol. The summed E-state index contributed by atoms with van der Waals surface area (Å²) in [6, 6.07) is 4.43. The van der Waals surface area contributed by atoms with Crippen LogP contribution in [0.25, 0.3) is 0 Å². The predicted molar refractivity (Wildman–Crippen MR) is 158 cm³/mol. The van der Waals surface area contributed by atoms with Crippen molar-refractivity contribution in [1.82, 2.24) is 10.3 Å². The number of halogens is 2. The first-order valence-corrected chi connectivity index (χ1v) is 16.0. The summed E-state index contributed by atoms with van der Waals surface area (Å²) in [4.78, 5) is 18.1. The Balaban J connectivity index is 1.89. The number of carbonyl (C=O) groups excluding carboxylic acids is 1. The highest BCUT2D eigenvalue weighted by atomic mass is 32.3. The molecule has 0 bridgehead atoms. The van der Waals surface area contributed by atoms with Gasteiger partial charge >= 0.3 is 0 Å². The van der Waals surface area contributed by atoms with E-state index in [2.05, 4.69) is 22.5 Å². The molecule has 0 saturated heterocycles. The molecule has 3 rings (SSSR count). The summed E-state index contributed by atoms with van der Waals surface area (Å²) >= 11 is 0. The molecule has 1 aromatic heterocycles. The normalized spacial score (nSPS) is 19.1. The fraction of sp³-hybridized carbons (Fsp3) is 0.571. The van der Waals surface area contributed by atoms with E-state index >= 15 is 0 Å². The Bertz CT molecular complexity index is 1270. The fourth-order valence-corrected chi connectivity index (χ4v) is 5.32. The first-order chi connectivity index (χ1) is 19.1. The second kappa shape index (κ2) is 13.0. The van der Waals surface area contributed by atoms with Crippen molar-refractivity contribution in [3.8, 4) is 5.75 Å². The number of hydrogen-bond acceptors (Lipinski definition) is 7. The van der Waals surface area contributed by atoms with E-state index in [0.29, 0.717) is 37.2 Å².